The lowest BCUT2D eigenvalue weighted by molar-refractivity contribution is -0.122. The third-order valence-electron chi connectivity index (χ3n) is 4.61. The fourth-order valence-corrected chi connectivity index (χ4v) is 3.02. The summed E-state index contributed by atoms with van der Waals surface area (Å²) in [7, 11) is 0. The van der Waals surface area contributed by atoms with Crippen molar-refractivity contribution in [2.75, 3.05) is 0 Å². The lowest BCUT2D eigenvalue weighted by atomic mass is 10.00. The van der Waals surface area contributed by atoms with Gasteiger partial charge in [-0.2, -0.15) is 0 Å². The van der Waals surface area contributed by atoms with Gasteiger partial charge in [0.1, 0.15) is 12.2 Å². The quantitative estimate of drug-likeness (QED) is 0.604. The second kappa shape index (κ2) is 7.91. The first kappa shape index (κ1) is 20.9. The van der Waals surface area contributed by atoms with Crippen molar-refractivity contribution in [3.05, 3.63) is 63.8 Å². The highest BCUT2D eigenvalue weighted by Crippen LogP contribution is 2.28. The maximum absolute atomic E-state index is 14.2. The van der Waals surface area contributed by atoms with E-state index in [0.29, 0.717) is 21.8 Å². The molecule has 0 unspecified atom stereocenters. The Kier molecular flexibility index (Phi) is 5.71. The van der Waals surface area contributed by atoms with Crippen molar-refractivity contribution in [2.24, 2.45) is 5.92 Å². The molecule has 0 amide bonds. The van der Waals surface area contributed by atoms with Gasteiger partial charge in [0, 0.05) is 23.9 Å². The second-order valence-corrected chi connectivity index (χ2v) is 8.00. The Balaban J connectivity index is 2.19. The molecule has 0 aliphatic heterocycles. The Hall–Kier alpha value is -2.80. The van der Waals surface area contributed by atoms with Crippen LogP contribution < -0.4 is 5.69 Å². The summed E-state index contributed by atoms with van der Waals surface area (Å²) in [5.41, 5.74) is -0.498. The monoisotopic (exact) mass is 416 g/mol. The zero-order valence-corrected chi connectivity index (χ0v) is 17.4. The Morgan fingerprint density at radius 3 is 2.41 bits per heavy atom. The average Bonchev–Trinajstić information content (AvgIpc) is 2.97. The standard InChI is InChI=1S/C21H22ClFN4O2/c1-13(2)18(28)12-26-20(29)27(15-7-5-14(6-8-15)21(3,4)23)19(25-26)16-9-10-24-11-17(16)22/h5-11,13H,12H2,1-4H3. The summed E-state index contributed by atoms with van der Waals surface area (Å²) >= 11 is 6.28. The topological polar surface area (TPSA) is 69.8 Å². The molecule has 0 fully saturated rings. The lowest BCUT2D eigenvalue weighted by Gasteiger charge is -2.15. The number of carbonyl (C=O) groups is 1. The number of hydrogen-bond donors (Lipinski definition) is 0. The summed E-state index contributed by atoms with van der Waals surface area (Å²) in [5.74, 6) is -0.0593. The summed E-state index contributed by atoms with van der Waals surface area (Å²) in [6, 6.07) is 8.18. The first-order valence-corrected chi connectivity index (χ1v) is 9.59. The average molecular weight is 417 g/mol. The van der Waals surface area contributed by atoms with E-state index in [4.69, 9.17) is 11.6 Å². The van der Waals surface area contributed by atoms with Crippen LogP contribution in [0.5, 0.6) is 0 Å². The number of halogens is 2. The van der Waals surface area contributed by atoms with Crippen LogP contribution in [0.1, 0.15) is 33.3 Å². The van der Waals surface area contributed by atoms with Crippen molar-refractivity contribution >= 4 is 17.4 Å². The number of Topliss-reactive ketones (excluding diaryl/α,β-unsaturated/α-hetero) is 1. The zero-order chi connectivity index (χ0) is 21.3. The molecular formula is C21H22ClFN4O2. The normalized spacial score (nSPS) is 11.8. The van der Waals surface area contributed by atoms with Gasteiger partial charge in [0.25, 0.3) is 0 Å². The van der Waals surface area contributed by atoms with Gasteiger partial charge in [-0.05, 0) is 37.6 Å². The van der Waals surface area contributed by atoms with Gasteiger partial charge in [0.05, 0.1) is 10.7 Å². The SMILES string of the molecule is CC(C)C(=O)Cn1nc(-c2ccncc2Cl)n(-c2ccc(C(C)(C)F)cc2)c1=O. The maximum Gasteiger partial charge on any atom is 0.351 e. The van der Waals surface area contributed by atoms with E-state index in [0.717, 1.165) is 4.68 Å². The van der Waals surface area contributed by atoms with E-state index in [1.54, 1.807) is 50.4 Å². The van der Waals surface area contributed by atoms with E-state index < -0.39 is 11.4 Å². The Morgan fingerprint density at radius 1 is 1.21 bits per heavy atom. The summed E-state index contributed by atoms with van der Waals surface area (Å²) in [6.45, 7) is 6.32. The highest BCUT2D eigenvalue weighted by atomic mass is 35.5. The summed E-state index contributed by atoms with van der Waals surface area (Å²) in [5, 5.41) is 4.69. The fourth-order valence-electron chi connectivity index (χ4n) is 2.81. The minimum atomic E-state index is -1.51. The number of rotatable bonds is 6. The van der Waals surface area contributed by atoms with Crippen LogP contribution in [-0.4, -0.2) is 25.1 Å². The largest absolute Gasteiger partial charge is 0.351 e. The Labute approximate surface area is 173 Å². The number of benzene rings is 1. The van der Waals surface area contributed by atoms with Gasteiger partial charge in [0.2, 0.25) is 0 Å². The fraction of sp³-hybridized carbons (Fsp3) is 0.333. The predicted octanol–water partition coefficient (Wildman–Crippen LogP) is 4.18. The van der Waals surface area contributed by atoms with Crippen LogP contribution >= 0.6 is 11.6 Å². The van der Waals surface area contributed by atoms with Crippen LogP contribution in [0.4, 0.5) is 4.39 Å². The zero-order valence-electron chi connectivity index (χ0n) is 16.7. The number of pyridine rings is 1. The number of carbonyl (C=O) groups excluding carboxylic acids is 1. The Morgan fingerprint density at radius 2 is 1.86 bits per heavy atom. The molecule has 0 saturated heterocycles. The molecular weight excluding hydrogens is 395 g/mol. The van der Waals surface area contributed by atoms with E-state index in [1.807, 2.05) is 0 Å². The molecule has 3 rings (SSSR count). The van der Waals surface area contributed by atoms with Gasteiger partial charge in [-0.15, -0.1) is 5.10 Å². The van der Waals surface area contributed by atoms with Gasteiger partial charge >= 0.3 is 5.69 Å². The molecule has 0 spiro atoms. The molecule has 2 aromatic heterocycles. The molecule has 2 heterocycles. The van der Waals surface area contributed by atoms with Crippen LogP contribution in [0.15, 0.2) is 47.5 Å². The van der Waals surface area contributed by atoms with Crippen molar-refractivity contribution in [1.82, 2.24) is 19.3 Å². The van der Waals surface area contributed by atoms with Crippen LogP contribution in [0, 0.1) is 5.92 Å². The summed E-state index contributed by atoms with van der Waals surface area (Å²) in [6.07, 6.45) is 3.00. The number of nitrogens with zero attached hydrogens (tertiary/aromatic N) is 4. The van der Waals surface area contributed by atoms with Gasteiger partial charge < -0.3 is 0 Å². The van der Waals surface area contributed by atoms with E-state index in [1.165, 1.54) is 24.6 Å². The molecule has 152 valence electrons. The molecule has 29 heavy (non-hydrogen) atoms. The minimum absolute atomic E-state index is 0.112. The van der Waals surface area contributed by atoms with Crippen molar-refractivity contribution < 1.29 is 9.18 Å². The van der Waals surface area contributed by atoms with Crippen molar-refractivity contribution in [3.8, 4) is 17.1 Å². The van der Waals surface area contributed by atoms with E-state index in [-0.39, 0.29) is 24.1 Å². The molecule has 8 heteroatoms. The highest BCUT2D eigenvalue weighted by Gasteiger charge is 2.22. The molecule has 0 aliphatic rings. The van der Waals surface area contributed by atoms with Crippen LogP contribution in [0.2, 0.25) is 5.02 Å². The van der Waals surface area contributed by atoms with Crippen LogP contribution in [-0.2, 0) is 17.0 Å². The highest BCUT2D eigenvalue weighted by molar-refractivity contribution is 6.33. The van der Waals surface area contributed by atoms with Crippen molar-refractivity contribution in [1.29, 1.82) is 0 Å². The van der Waals surface area contributed by atoms with E-state index in [9.17, 15) is 14.0 Å². The minimum Gasteiger partial charge on any atom is -0.297 e. The first-order chi connectivity index (χ1) is 13.6. The molecule has 0 saturated carbocycles. The molecule has 3 aromatic rings. The lowest BCUT2D eigenvalue weighted by Crippen LogP contribution is -2.28. The first-order valence-electron chi connectivity index (χ1n) is 9.22. The van der Waals surface area contributed by atoms with Gasteiger partial charge in [0.15, 0.2) is 11.6 Å². The predicted molar refractivity (Wildman–Crippen MR) is 110 cm³/mol. The van der Waals surface area contributed by atoms with Crippen LogP contribution in [0.25, 0.3) is 17.1 Å². The van der Waals surface area contributed by atoms with Crippen LogP contribution in [0.3, 0.4) is 0 Å². The van der Waals surface area contributed by atoms with Gasteiger partial charge in [-0.1, -0.05) is 37.6 Å². The summed E-state index contributed by atoms with van der Waals surface area (Å²) < 4.78 is 16.7. The van der Waals surface area contributed by atoms with Gasteiger partial charge in [-0.3, -0.25) is 9.78 Å². The number of aromatic nitrogens is 4. The number of alkyl halides is 1. The molecule has 0 radical (unpaired) electrons. The van der Waals surface area contributed by atoms with Crippen molar-refractivity contribution in [3.63, 3.8) is 0 Å². The molecule has 0 N–H and O–H groups in total. The molecule has 0 bridgehead atoms. The summed E-state index contributed by atoms with van der Waals surface area (Å²) in [4.78, 5) is 29.2. The third-order valence-corrected chi connectivity index (χ3v) is 4.92. The van der Waals surface area contributed by atoms with E-state index in [2.05, 4.69) is 10.1 Å². The third kappa shape index (κ3) is 4.29. The smallest absolute Gasteiger partial charge is 0.297 e. The number of hydrogen-bond acceptors (Lipinski definition) is 4. The second-order valence-electron chi connectivity index (χ2n) is 7.60. The number of ketones is 1. The van der Waals surface area contributed by atoms with Crippen molar-refractivity contribution in [2.45, 2.75) is 39.9 Å². The molecule has 0 aliphatic carbocycles. The van der Waals surface area contributed by atoms with Gasteiger partial charge in [-0.25, -0.2) is 18.4 Å². The Bertz CT molecular complexity index is 1100. The maximum atomic E-state index is 14.2. The molecule has 6 nitrogen and oxygen atoms in total. The molecule has 1 aromatic carbocycles. The molecule has 0 atom stereocenters. The van der Waals surface area contributed by atoms with E-state index >= 15 is 0 Å².